The number of hydrogen-bond donors (Lipinski definition) is 1. The van der Waals surface area contributed by atoms with Crippen LogP contribution in [0.4, 0.5) is 0 Å². The number of carboxylic acid groups (broad SMARTS) is 1. The molecule has 3 nitrogen and oxygen atoms in total. The van der Waals surface area contributed by atoms with E-state index in [4.69, 9.17) is 9.84 Å². The van der Waals surface area contributed by atoms with Crippen molar-refractivity contribution in [1.82, 2.24) is 0 Å². The smallest absolute Gasteiger partial charge is 0.339 e. The maximum Gasteiger partial charge on any atom is 0.339 e. The van der Waals surface area contributed by atoms with Crippen LogP contribution in [0.15, 0.2) is 18.2 Å². The summed E-state index contributed by atoms with van der Waals surface area (Å²) in [6.45, 7) is 7.82. The first-order valence-electron chi connectivity index (χ1n) is 5.45. The quantitative estimate of drug-likeness (QED) is 0.850. The van der Waals surface area contributed by atoms with Crippen LogP contribution in [0.5, 0.6) is 5.75 Å². The maximum absolute atomic E-state index is 11.1. The Morgan fingerprint density at radius 2 is 1.88 bits per heavy atom. The first-order chi connectivity index (χ1) is 7.41. The molecule has 0 saturated heterocycles. The van der Waals surface area contributed by atoms with Crippen molar-refractivity contribution in [1.29, 1.82) is 0 Å². The van der Waals surface area contributed by atoms with Crippen molar-refractivity contribution < 1.29 is 14.6 Å². The molecule has 0 aliphatic rings. The van der Waals surface area contributed by atoms with Crippen LogP contribution in [0.2, 0.25) is 0 Å². The lowest BCUT2D eigenvalue weighted by Gasteiger charge is -2.14. The van der Waals surface area contributed by atoms with Crippen LogP contribution in [0.25, 0.3) is 0 Å². The van der Waals surface area contributed by atoms with Crippen LogP contribution in [0.3, 0.4) is 0 Å². The molecule has 0 fully saturated rings. The maximum atomic E-state index is 11.1. The number of carbonyl (C=O) groups is 1. The summed E-state index contributed by atoms with van der Waals surface area (Å²) in [5, 5.41) is 9.10. The van der Waals surface area contributed by atoms with Crippen molar-refractivity contribution in [3.05, 3.63) is 29.3 Å². The van der Waals surface area contributed by atoms with Gasteiger partial charge >= 0.3 is 5.97 Å². The highest BCUT2D eigenvalue weighted by molar-refractivity contribution is 5.91. The Balaban J connectivity index is 3.14. The fourth-order valence-electron chi connectivity index (χ4n) is 1.43. The Morgan fingerprint density at radius 1 is 1.25 bits per heavy atom. The number of carboxylic acids is 1. The fraction of sp³-hybridized carbons (Fsp3) is 0.462. The van der Waals surface area contributed by atoms with Crippen molar-refractivity contribution >= 4 is 5.97 Å². The summed E-state index contributed by atoms with van der Waals surface area (Å²) < 4.78 is 5.46. The molecule has 3 heteroatoms. The van der Waals surface area contributed by atoms with Crippen LogP contribution in [-0.2, 0) is 0 Å². The molecule has 1 rings (SSSR count). The molecule has 1 N–H and O–H groups in total. The zero-order valence-corrected chi connectivity index (χ0v) is 10.2. The summed E-state index contributed by atoms with van der Waals surface area (Å²) in [7, 11) is 0. The lowest BCUT2D eigenvalue weighted by atomic mass is 10.0. The predicted molar refractivity (Wildman–Crippen MR) is 63.3 cm³/mol. The van der Waals surface area contributed by atoms with Crippen LogP contribution in [0.1, 0.15) is 49.5 Å². The molecule has 88 valence electrons. The third-order valence-electron chi connectivity index (χ3n) is 2.26. The number of benzene rings is 1. The molecule has 0 spiro atoms. The summed E-state index contributed by atoms with van der Waals surface area (Å²) in [6.07, 6.45) is -0.0250. The predicted octanol–water partition coefficient (Wildman–Crippen LogP) is 3.30. The minimum atomic E-state index is -0.946. The van der Waals surface area contributed by atoms with Gasteiger partial charge in [-0.15, -0.1) is 0 Å². The van der Waals surface area contributed by atoms with Gasteiger partial charge < -0.3 is 9.84 Å². The molecule has 0 bridgehead atoms. The van der Waals surface area contributed by atoms with Gasteiger partial charge in [-0.3, -0.25) is 0 Å². The molecule has 1 aromatic rings. The SMILES string of the molecule is CC(C)Oc1ccc(C(C)C)cc1C(=O)O. The summed E-state index contributed by atoms with van der Waals surface area (Å²) in [4.78, 5) is 11.1. The molecular weight excluding hydrogens is 204 g/mol. The average Bonchev–Trinajstić information content (AvgIpc) is 2.16. The number of hydrogen-bond acceptors (Lipinski definition) is 2. The van der Waals surface area contributed by atoms with E-state index in [9.17, 15) is 4.79 Å². The van der Waals surface area contributed by atoms with Gasteiger partial charge in [0.2, 0.25) is 0 Å². The van der Waals surface area contributed by atoms with Crippen molar-refractivity contribution in [3.8, 4) is 5.75 Å². The third kappa shape index (κ3) is 2.99. The molecule has 0 amide bonds. The molecule has 0 unspecified atom stereocenters. The molecule has 0 heterocycles. The summed E-state index contributed by atoms with van der Waals surface area (Å²) >= 11 is 0. The third-order valence-corrected chi connectivity index (χ3v) is 2.26. The largest absolute Gasteiger partial charge is 0.490 e. The summed E-state index contributed by atoms with van der Waals surface area (Å²) in [6, 6.07) is 5.33. The van der Waals surface area contributed by atoms with E-state index in [2.05, 4.69) is 0 Å². The molecule has 0 aliphatic carbocycles. The molecule has 0 saturated carbocycles. The normalized spacial score (nSPS) is 10.9. The molecule has 0 radical (unpaired) electrons. The van der Waals surface area contributed by atoms with Gasteiger partial charge in [-0.05, 0) is 37.5 Å². The van der Waals surface area contributed by atoms with Crippen LogP contribution >= 0.6 is 0 Å². The van der Waals surface area contributed by atoms with Gasteiger partial charge in [-0.2, -0.15) is 0 Å². The summed E-state index contributed by atoms with van der Waals surface area (Å²) in [5.74, 6) is -0.198. The molecule has 0 atom stereocenters. The number of rotatable bonds is 4. The van der Waals surface area contributed by atoms with E-state index in [1.807, 2.05) is 33.8 Å². The van der Waals surface area contributed by atoms with Crippen LogP contribution in [0, 0.1) is 0 Å². The van der Waals surface area contributed by atoms with Gasteiger partial charge in [0.1, 0.15) is 11.3 Å². The second kappa shape index (κ2) is 5.01. The highest BCUT2D eigenvalue weighted by Gasteiger charge is 2.14. The van der Waals surface area contributed by atoms with Gasteiger partial charge in [0.05, 0.1) is 6.10 Å². The van der Waals surface area contributed by atoms with E-state index in [1.165, 1.54) is 0 Å². The molecule has 0 aliphatic heterocycles. The molecular formula is C13H18O3. The summed E-state index contributed by atoms with van der Waals surface area (Å²) in [5.41, 5.74) is 1.24. The Labute approximate surface area is 96.1 Å². The Kier molecular flexibility index (Phi) is 3.93. The van der Waals surface area contributed by atoms with Gasteiger partial charge in [-0.25, -0.2) is 4.79 Å². The van der Waals surface area contributed by atoms with Crippen LogP contribution in [-0.4, -0.2) is 17.2 Å². The second-order valence-electron chi connectivity index (χ2n) is 4.38. The zero-order chi connectivity index (χ0) is 12.3. The average molecular weight is 222 g/mol. The molecule has 16 heavy (non-hydrogen) atoms. The van der Waals surface area contributed by atoms with Crippen LogP contribution < -0.4 is 4.74 Å². The Bertz CT molecular complexity index is 381. The Hall–Kier alpha value is -1.51. The van der Waals surface area contributed by atoms with Crippen molar-refractivity contribution in [3.63, 3.8) is 0 Å². The number of aromatic carboxylic acids is 1. The van der Waals surface area contributed by atoms with E-state index in [0.29, 0.717) is 11.7 Å². The van der Waals surface area contributed by atoms with Gasteiger partial charge in [0.15, 0.2) is 0 Å². The fourth-order valence-corrected chi connectivity index (χ4v) is 1.43. The van der Waals surface area contributed by atoms with E-state index in [-0.39, 0.29) is 11.7 Å². The standard InChI is InChI=1S/C13H18O3/c1-8(2)10-5-6-12(16-9(3)4)11(7-10)13(14)15/h5-9H,1-4H3,(H,14,15). The van der Waals surface area contributed by atoms with Crippen molar-refractivity contribution in [2.45, 2.75) is 39.7 Å². The second-order valence-corrected chi connectivity index (χ2v) is 4.38. The van der Waals surface area contributed by atoms with E-state index < -0.39 is 5.97 Å². The zero-order valence-electron chi connectivity index (χ0n) is 10.2. The van der Waals surface area contributed by atoms with Crippen molar-refractivity contribution in [2.75, 3.05) is 0 Å². The highest BCUT2D eigenvalue weighted by atomic mass is 16.5. The Morgan fingerprint density at radius 3 is 2.31 bits per heavy atom. The highest BCUT2D eigenvalue weighted by Crippen LogP contribution is 2.25. The number of ether oxygens (including phenoxy) is 1. The molecule has 0 aromatic heterocycles. The minimum absolute atomic E-state index is 0.0250. The van der Waals surface area contributed by atoms with E-state index in [0.717, 1.165) is 5.56 Å². The monoisotopic (exact) mass is 222 g/mol. The first kappa shape index (κ1) is 12.6. The van der Waals surface area contributed by atoms with E-state index in [1.54, 1.807) is 12.1 Å². The van der Waals surface area contributed by atoms with Gasteiger partial charge in [0.25, 0.3) is 0 Å². The van der Waals surface area contributed by atoms with Gasteiger partial charge in [0, 0.05) is 0 Å². The topological polar surface area (TPSA) is 46.5 Å². The van der Waals surface area contributed by atoms with Gasteiger partial charge in [-0.1, -0.05) is 19.9 Å². The van der Waals surface area contributed by atoms with Crippen molar-refractivity contribution in [2.24, 2.45) is 0 Å². The van der Waals surface area contributed by atoms with E-state index >= 15 is 0 Å². The lowest BCUT2D eigenvalue weighted by Crippen LogP contribution is -2.10. The minimum Gasteiger partial charge on any atom is -0.490 e. The molecule has 1 aromatic carbocycles. The first-order valence-corrected chi connectivity index (χ1v) is 5.45. The lowest BCUT2D eigenvalue weighted by molar-refractivity contribution is 0.0690.